The second-order valence-corrected chi connectivity index (χ2v) is 11.8. The van der Waals surface area contributed by atoms with Gasteiger partial charge in [0.05, 0.1) is 27.9 Å². The van der Waals surface area contributed by atoms with Gasteiger partial charge in [0.25, 0.3) is 5.91 Å². The predicted molar refractivity (Wildman–Crippen MR) is 155 cm³/mol. The van der Waals surface area contributed by atoms with Crippen molar-refractivity contribution in [1.29, 1.82) is 0 Å². The van der Waals surface area contributed by atoms with Crippen LogP contribution >= 0.6 is 23.2 Å². The Morgan fingerprint density at radius 3 is 2.09 bits per heavy atom. The van der Waals surface area contributed by atoms with Crippen molar-refractivity contribution in [3.8, 4) is 0 Å². The molecule has 2 N–H and O–H groups in total. The number of carbonyl (C=O) groups is 2. The molecule has 5 nitrogen and oxygen atoms in total. The van der Waals surface area contributed by atoms with Gasteiger partial charge >= 0.3 is 6.18 Å². The van der Waals surface area contributed by atoms with E-state index >= 15 is 0 Å². The lowest BCUT2D eigenvalue weighted by Gasteiger charge is -2.44. The van der Waals surface area contributed by atoms with E-state index in [0.717, 1.165) is 54.5 Å². The van der Waals surface area contributed by atoms with Crippen molar-refractivity contribution in [2.45, 2.75) is 50.4 Å². The topological polar surface area (TPSA) is 61.4 Å². The molecule has 2 aliphatic rings. The minimum absolute atomic E-state index is 0.116. The minimum Gasteiger partial charge on any atom is -0.382 e. The van der Waals surface area contributed by atoms with E-state index in [0.29, 0.717) is 11.6 Å². The molecule has 0 unspecified atom stereocenters. The maximum Gasteiger partial charge on any atom is 0.393 e. The van der Waals surface area contributed by atoms with Gasteiger partial charge in [0.15, 0.2) is 0 Å². The number of halogens is 7. The van der Waals surface area contributed by atoms with E-state index in [-0.39, 0.29) is 15.7 Å². The molecule has 1 aliphatic heterocycles. The molecule has 2 fully saturated rings. The fraction of sp³-hybridized carbons (Fsp3) is 0.355. The van der Waals surface area contributed by atoms with Crippen molar-refractivity contribution < 1.29 is 31.5 Å². The normalized spacial score (nSPS) is 21.1. The lowest BCUT2D eigenvalue weighted by molar-refractivity contribution is -0.193. The molecule has 12 heteroatoms. The third kappa shape index (κ3) is 6.91. The maximum absolute atomic E-state index is 14.8. The molecule has 1 heterocycles. The van der Waals surface area contributed by atoms with Crippen molar-refractivity contribution in [3.05, 3.63) is 93.5 Å². The number of benzene rings is 3. The second-order valence-electron chi connectivity index (χ2n) is 10.9. The van der Waals surface area contributed by atoms with Gasteiger partial charge in [-0.05, 0) is 67.3 Å². The molecule has 3 aromatic carbocycles. The first-order valence-electron chi connectivity index (χ1n) is 13.9. The van der Waals surface area contributed by atoms with Crippen molar-refractivity contribution in [3.63, 3.8) is 0 Å². The summed E-state index contributed by atoms with van der Waals surface area (Å²) < 4.78 is 72.2. The number of carbonyl (C=O) groups excluding carboxylic acids is 2. The number of anilines is 2. The smallest absolute Gasteiger partial charge is 0.382 e. The Bertz CT molecular complexity index is 1480. The number of nitrogens with one attached hydrogen (secondary N) is 2. The maximum atomic E-state index is 14.8. The lowest BCUT2D eigenvalue weighted by atomic mass is 9.78. The van der Waals surface area contributed by atoms with Crippen LogP contribution in [0.25, 0.3) is 0 Å². The van der Waals surface area contributed by atoms with Crippen molar-refractivity contribution in [2.75, 3.05) is 17.2 Å². The zero-order chi connectivity index (χ0) is 30.9. The number of hydrogen-bond acceptors (Lipinski definition) is 3. The molecule has 0 spiro atoms. The van der Waals surface area contributed by atoms with Crippen LogP contribution in [0.1, 0.15) is 54.1 Å². The standard InChI is InChI=1S/C31H28Cl2F5N3O2/c32-23-13-12-21(15-24(23)33)40-29(42)22-14-18(31(36,37)38)16-41(30(43)27-25(34)6-3-7-26(27)35)28(22)17-8-10-20(11-9-17)39-19-4-1-2-5-19/h3,6-13,15,18-19,22,28,39H,1-2,4-5,14,16H2,(H,40,42)/t18-,22+,28+/m1/s1. The molecular weight excluding hydrogens is 612 g/mol. The summed E-state index contributed by atoms with van der Waals surface area (Å²) in [5.74, 6) is -8.11. The first-order valence-corrected chi connectivity index (χ1v) is 14.6. The van der Waals surface area contributed by atoms with Crippen LogP contribution in [0.3, 0.4) is 0 Å². The zero-order valence-electron chi connectivity index (χ0n) is 22.7. The molecule has 1 saturated carbocycles. The summed E-state index contributed by atoms with van der Waals surface area (Å²) in [5.41, 5.74) is 0.311. The molecule has 2 amide bonds. The Morgan fingerprint density at radius 1 is 0.860 bits per heavy atom. The second kappa shape index (κ2) is 12.7. The molecule has 228 valence electrons. The Morgan fingerprint density at radius 2 is 1.49 bits per heavy atom. The van der Waals surface area contributed by atoms with Gasteiger partial charge < -0.3 is 15.5 Å². The van der Waals surface area contributed by atoms with Crippen LogP contribution in [0.15, 0.2) is 60.7 Å². The van der Waals surface area contributed by atoms with Crippen LogP contribution in [0.4, 0.5) is 33.3 Å². The summed E-state index contributed by atoms with van der Waals surface area (Å²) in [6, 6.07) is 12.7. The van der Waals surface area contributed by atoms with Gasteiger partial charge in [0.1, 0.15) is 17.2 Å². The van der Waals surface area contributed by atoms with Gasteiger partial charge in [0, 0.05) is 24.0 Å². The summed E-state index contributed by atoms with van der Waals surface area (Å²) in [6.07, 6.45) is -1.22. The van der Waals surface area contributed by atoms with Crippen LogP contribution in [-0.4, -0.2) is 35.5 Å². The van der Waals surface area contributed by atoms with Gasteiger partial charge in [-0.1, -0.05) is 54.2 Å². The molecule has 3 atom stereocenters. The van der Waals surface area contributed by atoms with Crippen LogP contribution in [0.2, 0.25) is 10.0 Å². The molecule has 0 aromatic heterocycles. The Labute approximate surface area is 255 Å². The number of piperidine rings is 1. The highest BCUT2D eigenvalue weighted by Gasteiger charge is 2.52. The number of hydrogen-bond donors (Lipinski definition) is 2. The molecule has 5 rings (SSSR count). The third-order valence-electron chi connectivity index (χ3n) is 8.07. The van der Waals surface area contributed by atoms with Crippen LogP contribution in [0.5, 0.6) is 0 Å². The number of nitrogens with zero attached hydrogens (tertiary/aromatic N) is 1. The summed E-state index contributed by atoms with van der Waals surface area (Å²) in [5, 5.41) is 6.33. The lowest BCUT2D eigenvalue weighted by Crippen LogP contribution is -2.52. The highest BCUT2D eigenvalue weighted by Crippen LogP contribution is 2.45. The number of rotatable bonds is 6. The van der Waals surface area contributed by atoms with E-state index in [9.17, 15) is 31.5 Å². The van der Waals surface area contributed by atoms with E-state index in [2.05, 4.69) is 10.6 Å². The van der Waals surface area contributed by atoms with Gasteiger partial charge in [-0.2, -0.15) is 13.2 Å². The molecule has 0 bridgehead atoms. The van der Waals surface area contributed by atoms with E-state index in [1.54, 1.807) is 24.3 Å². The molecule has 43 heavy (non-hydrogen) atoms. The minimum atomic E-state index is -4.80. The average molecular weight is 640 g/mol. The Kier molecular flexibility index (Phi) is 9.18. The zero-order valence-corrected chi connectivity index (χ0v) is 24.2. The molecular formula is C31H28Cl2F5N3O2. The van der Waals surface area contributed by atoms with Crippen molar-refractivity contribution in [1.82, 2.24) is 4.90 Å². The third-order valence-corrected chi connectivity index (χ3v) is 8.81. The first kappa shape index (κ1) is 31.1. The summed E-state index contributed by atoms with van der Waals surface area (Å²) in [6.45, 7) is -0.889. The van der Waals surface area contributed by atoms with E-state index in [1.807, 2.05) is 0 Å². The van der Waals surface area contributed by atoms with E-state index in [4.69, 9.17) is 23.2 Å². The highest BCUT2D eigenvalue weighted by molar-refractivity contribution is 6.42. The summed E-state index contributed by atoms with van der Waals surface area (Å²) >= 11 is 12.0. The first-order chi connectivity index (χ1) is 20.4. The van der Waals surface area contributed by atoms with Crippen LogP contribution < -0.4 is 10.6 Å². The number of alkyl halides is 3. The van der Waals surface area contributed by atoms with Crippen molar-refractivity contribution >= 4 is 46.4 Å². The molecule has 0 radical (unpaired) electrons. The molecule has 3 aromatic rings. The fourth-order valence-corrected chi connectivity index (χ4v) is 6.22. The highest BCUT2D eigenvalue weighted by atomic mass is 35.5. The summed E-state index contributed by atoms with van der Waals surface area (Å²) in [4.78, 5) is 28.2. The van der Waals surface area contributed by atoms with E-state index in [1.165, 1.54) is 18.2 Å². The van der Waals surface area contributed by atoms with Gasteiger partial charge in [-0.3, -0.25) is 9.59 Å². The summed E-state index contributed by atoms with van der Waals surface area (Å²) in [7, 11) is 0. The monoisotopic (exact) mass is 639 g/mol. The number of likely N-dealkylation sites (tertiary alicyclic amines) is 1. The predicted octanol–water partition coefficient (Wildman–Crippen LogP) is 8.65. The Hall–Kier alpha value is -3.37. The molecule has 1 aliphatic carbocycles. The van der Waals surface area contributed by atoms with Gasteiger partial charge in [-0.25, -0.2) is 8.78 Å². The Balaban J connectivity index is 1.56. The SMILES string of the molecule is O=C(Nc1ccc(Cl)c(Cl)c1)[C@H]1C[C@@H](C(F)(F)F)CN(C(=O)c2c(F)cccc2F)[C@H]1c1ccc(NC2CCCC2)cc1. The molecule has 1 saturated heterocycles. The average Bonchev–Trinajstić information content (AvgIpc) is 3.47. The van der Waals surface area contributed by atoms with Gasteiger partial charge in [-0.15, -0.1) is 0 Å². The van der Waals surface area contributed by atoms with Crippen LogP contribution in [0, 0.1) is 23.5 Å². The van der Waals surface area contributed by atoms with E-state index < -0.39 is 66.0 Å². The quantitative estimate of drug-likeness (QED) is 0.265. The number of amides is 2. The van der Waals surface area contributed by atoms with Crippen LogP contribution in [-0.2, 0) is 4.79 Å². The fourth-order valence-electron chi connectivity index (χ4n) is 5.92. The largest absolute Gasteiger partial charge is 0.393 e. The van der Waals surface area contributed by atoms with Gasteiger partial charge in [0.2, 0.25) is 5.91 Å². The van der Waals surface area contributed by atoms with Crippen molar-refractivity contribution in [2.24, 2.45) is 11.8 Å².